The Hall–Kier alpha value is -0.580. The molecule has 0 saturated heterocycles. The average Bonchev–Trinajstić information content (AvgIpc) is 3.46. The van der Waals surface area contributed by atoms with Crippen molar-refractivity contribution in [2.45, 2.75) is 136 Å². The first-order chi connectivity index (χ1) is 23.9. The van der Waals surface area contributed by atoms with Gasteiger partial charge in [-0.25, -0.2) is 0 Å². The fourth-order valence-electron chi connectivity index (χ4n) is 10.9. The van der Waals surface area contributed by atoms with Crippen molar-refractivity contribution in [2.75, 3.05) is 78.5 Å². The maximum atomic E-state index is 5.56. The molecule has 8 heteroatoms. The molecule has 8 nitrogen and oxygen atoms in total. The average molecular weight is 687 g/mol. The third-order valence-electron chi connectivity index (χ3n) is 13.8. The summed E-state index contributed by atoms with van der Waals surface area (Å²) in [5.74, 6) is 3.61. The first-order valence-electron chi connectivity index (χ1n) is 21.3. The van der Waals surface area contributed by atoms with Crippen molar-refractivity contribution in [2.24, 2.45) is 46.0 Å². The van der Waals surface area contributed by atoms with Crippen LogP contribution in [-0.4, -0.2) is 90.6 Å². The Morgan fingerprint density at radius 1 is 0.633 bits per heavy atom. The molecule has 0 bridgehead atoms. The molecule has 286 valence electrons. The zero-order chi connectivity index (χ0) is 34.8. The zero-order valence-electron chi connectivity index (χ0n) is 32.5. The van der Waals surface area contributed by atoms with E-state index in [1.165, 1.54) is 89.9 Å². The van der Waals surface area contributed by atoms with Crippen LogP contribution in [0.3, 0.4) is 0 Å². The van der Waals surface area contributed by atoms with Crippen LogP contribution in [0.25, 0.3) is 0 Å². The molecule has 3 saturated carbocycles. The molecule has 8 atom stereocenters. The number of allylic oxidation sites excluding steroid dienone is 1. The molecular formula is C41H82N8. The van der Waals surface area contributed by atoms with Crippen LogP contribution in [-0.2, 0) is 0 Å². The van der Waals surface area contributed by atoms with Crippen molar-refractivity contribution in [3.63, 3.8) is 0 Å². The highest BCUT2D eigenvalue weighted by atomic mass is 14.9. The second kappa shape index (κ2) is 22.5. The van der Waals surface area contributed by atoms with Crippen molar-refractivity contribution in [3.8, 4) is 0 Å². The standard InChI is InChI=1S/C41H82N8/c1-33(48-30-10-28-46-24-6-4-22-44-26-8-20-42)37-14-15-38-36-13-12-34-32-35(16-18-40(34,2)39(36)17-19-41(37,38)3)49-31-11-29-47-25-7-5-23-45-27-9-21-43/h32-33,35-39,44-49H,4-31,42-43H2,1-3H3/t33?,35-,36?,37+,38?,39?,40-,41+/m0/s1. The summed E-state index contributed by atoms with van der Waals surface area (Å²) in [6, 6.07) is 1.21. The lowest BCUT2D eigenvalue weighted by molar-refractivity contribution is -0.0560. The highest BCUT2D eigenvalue weighted by molar-refractivity contribution is 5.26. The van der Waals surface area contributed by atoms with E-state index < -0.39 is 0 Å². The normalized spacial score (nSPS) is 31.6. The lowest BCUT2D eigenvalue weighted by atomic mass is 9.46. The molecule has 0 radical (unpaired) electrons. The topological polar surface area (TPSA) is 124 Å². The Kier molecular flexibility index (Phi) is 18.9. The Morgan fingerprint density at radius 3 is 1.82 bits per heavy atom. The van der Waals surface area contributed by atoms with Gasteiger partial charge in [0.15, 0.2) is 0 Å². The fraction of sp³-hybridized carbons (Fsp3) is 0.951. The molecule has 10 N–H and O–H groups in total. The van der Waals surface area contributed by atoms with Gasteiger partial charge in [-0.2, -0.15) is 0 Å². The van der Waals surface area contributed by atoms with Crippen molar-refractivity contribution in [1.82, 2.24) is 31.9 Å². The number of hydrogen-bond acceptors (Lipinski definition) is 8. The van der Waals surface area contributed by atoms with Gasteiger partial charge >= 0.3 is 0 Å². The molecule has 4 aliphatic rings. The highest BCUT2D eigenvalue weighted by Crippen LogP contribution is 2.67. The third kappa shape index (κ3) is 12.2. The van der Waals surface area contributed by atoms with E-state index in [0.717, 1.165) is 115 Å². The molecule has 0 aromatic heterocycles. The zero-order valence-corrected chi connectivity index (χ0v) is 32.5. The molecule has 0 aromatic rings. The van der Waals surface area contributed by atoms with Gasteiger partial charge in [-0.15, -0.1) is 0 Å². The van der Waals surface area contributed by atoms with Crippen molar-refractivity contribution < 1.29 is 0 Å². The largest absolute Gasteiger partial charge is 0.330 e. The van der Waals surface area contributed by atoms with E-state index in [-0.39, 0.29) is 0 Å². The second-order valence-corrected chi connectivity index (χ2v) is 17.0. The number of nitrogens with one attached hydrogen (secondary N) is 6. The monoisotopic (exact) mass is 687 g/mol. The maximum absolute atomic E-state index is 5.56. The van der Waals surface area contributed by atoms with Gasteiger partial charge in [0, 0.05) is 12.1 Å². The lowest BCUT2D eigenvalue weighted by Crippen LogP contribution is -2.53. The Labute approximate surface area is 303 Å². The Balaban J connectivity index is 1.11. The molecule has 3 fully saturated rings. The van der Waals surface area contributed by atoms with Crippen LogP contribution in [0.5, 0.6) is 0 Å². The van der Waals surface area contributed by atoms with E-state index >= 15 is 0 Å². The summed E-state index contributed by atoms with van der Waals surface area (Å²) in [6.07, 6.45) is 23.6. The smallest absolute Gasteiger partial charge is 0.0253 e. The summed E-state index contributed by atoms with van der Waals surface area (Å²) >= 11 is 0. The summed E-state index contributed by atoms with van der Waals surface area (Å²) < 4.78 is 0. The van der Waals surface area contributed by atoms with E-state index in [1.54, 1.807) is 0 Å². The molecule has 4 aliphatic carbocycles. The molecular weight excluding hydrogens is 605 g/mol. The first kappa shape index (κ1) is 41.2. The van der Waals surface area contributed by atoms with Crippen LogP contribution in [0.1, 0.15) is 124 Å². The quantitative estimate of drug-likeness (QED) is 0.0454. The molecule has 49 heavy (non-hydrogen) atoms. The number of unbranched alkanes of at least 4 members (excludes halogenated alkanes) is 2. The van der Waals surface area contributed by atoms with Crippen LogP contribution in [0.4, 0.5) is 0 Å². The fourth-order valence-corrected chi connectivity index (χ4v) is 10.9. The predicted octanol–water partition coefficient (Wildman–Crippen LogP) is 4.90. The first-order valence-corrected chi connectivity index (χ1v) is 21.3. The Morgan fingerprint density at radius 2 is 1.20 bits per heavy atom. The van der Waals surface area contributed by atoms with Gasteiger partial charge < -0.3 is 43.4 Å². The lowest BCUT2D eigenvalue weighted by Gasteiger charge is -2.59. The summed E-state index contributed by atoms with van der Waals surface area (Å²) in [6.45, 7) is 20.6. The summed E-state index contributed by atoms with van der Waals surface area (Å²) in [5.41, 5.74) is 13.9. The van der Waals surface area contributed by atoms with E-state index in [2.05, 4.69) is 58.7 Å². The second-order valence-electron chi connectivity index (χ2n) is 17.0. The van der Waals surface area contributed by atoms with Crippen LogP contribution >= 0.6 is 0 Å². The SMILES string of the molecule is CC(NCCCNCCCCNCCCN)[C@H]1CCC2C3CCC4=C[C@@H](NCCCNCCCCNCCCN)CC[C@]4(C)C3CC[C@@]21C. The van der Waals surface area contributed by atoms with Crippen LogP contribution in [0, 0.1) is 34.5 Å². The van der Waals surface area contributed by atoms with Crippen LogP contribution in [0.2, 0.25) is 0 Å². The number of hydrogen-bond donors (Lipinski definition) is 8. The number of rotatable bonds is 27. The summed E-state index contributed by atoms with van der Waals surface area (Å²) in [5, 5.41) is 22.2. The van der Waals surface area contributed by atoms with Crippen molar-refractivity contribution in [1.29, 1.82) is 0 Å². The van der Waals surface area contributed by atoms with Crippen LogP contribution in [0.15, 0.2) is 11.6 Å². The Bertz CT molecular complexity index is 914. The maximum Gasteiger partial charge on any atom is 0.0253 e. The van der Waals surface area contributed by atoms with Gasteiger partial charge in [-0.05, 0) is 223 Å². The van der Waals surface area contributed by atoms with Gasteiger partial charge in [0.05, 0.1) is 0 Å². The molecule has 4 rings (SSSR count). The molecule has 0 heterocycles. The molecule has 0 aromatic carbocycles. The van der Waals surface area contributed by atoms with E-state index in [4.69, 9.17) is 11.5 Å². The number of nitrogens with two attached hydrogens (primary N) is 2. The van der Waals surface area contributed by atoms with Gasteiger partial charge in [0.25, 0.3) is 0 Å². The van der Waals surface area contributed by atoms with Gasteiger partial charge in [0.2, 0.25) is 0 Å². The molecule has 0 spiro atoms. The minimum atomic E-state index is 0.444. The summed E-state index contributed by atoms with van der Waals surface area (Å²) in [7, 11) is 0. The summed E-state index contributed by atoms with van der Waals surface area (Å²) in [4.78, 5) is 0. The van der Waals surface area contributed by atoms with Gasteiger partial charge in [-0.1, -0.05) is 25.5 Å². The van der Waals surface area contributed by atoms with Crippen LogP contribution < -0.4 is 43.4 Å². The number of fused-ring (bicyclic) bond motifs is 5. The van der Waals surface area contributed by atoms with Gasteiger partial charge in [0.1, 0.15) is 0 Å². The minimum Gasteiger partial charge on any atom is -0.330 e. The molecule has 0 amide bonds. The highest BCUT2D eigenvalue weighted by Gasteiger charge is 2.59. The van der Waals surface area contributed by atoms with E-state index in [1.807, 2.05) is 5.57 Å². The van der Waals surface area contributed by atoms with Crippen molar-refractivity contribution in [3.05, 3.63) is 11.6 Å². The molecule has 4 unspecified atom stereocenters. The minimum absolute atomic E-state index is 0.444. The molecule has 0 aliphatic heterocycles. The third-order valence-corrected chi connectivity index (χ3v) is 13.8. The predicted molar refractivity (Wildman–Crippen MR) is 211 cm³/mol. The van der Waals surface area contributed by atoms with Gasteiger partial charge in [-0.3, -0.25) is 0 Å². The van der Waals surface area contributed by atoms with Crippen molar-refractivity contribution >= 4 is 0 Å². The van der Waals surface area contributed by atoms with E-state index in [9.17, 15) is 0 Å². The van der Waals surface area contributed by atoms with E-state index in [0.29, 0.717) is 22.9 Å².